The van der Waals surface area contributed by atoms with Crippen LogP contribution in [0.5, 0.6) is 0 Å². The van der Waals surface area contributed by atoms with Crippen LogP contribution < -0.4 is 0 Å². The second-order valence-corrected chi connectivity index (χ2v) is 10.2. The summed E-state index contributed by atoms with van der Waals surface area (Å²) in [6.07, 6.45) is 28.4. The minimum absolute atomic E-state index is 0.0642. The molecule has 0 aliphatic heterocycles. The van der Waals surface area contributed by atoms with E-state index in [-0.39, 0.29) is 25.2 Å². The van der Waals surface area contributed by atoms with Gasteiger partial charge >= 0.3 is 11.9 Å². The predicted molar refractivity (Wildman–Crippen MR) is 150 cm³/mol. The number of hydrogen-bond donors (Lipinski definition) is 1. The molecule has 5 heteroatoms. The molecular weight excluding hydrogens is 452 g/mol. The van der Waals surface area contributed by atoms with Crippen molar-refractivity contribution in [3.05, 3.63) is 12.2 Å². The number of esters is 2. The van der Waals surface area contributed by atoms with Gasteiger partial charge in [-0.2, -0.15) is 0 Å². The molecule has 0 aromatic heterocycles. The third-order valence-electron chi connectivity index (χ3n) is 6.56. The van der Waals surface area contributed by atoms with Gasteiger partial charge in [-0.3, -0.25) is 9.59 Å². The van der Waals surface area contributed by atoms with Crippen LogP contribution in [0.25, 0.3) is 0 Å². The molecular formula is C31H58O5. The zero-order chi connectivity index (χ0) is 26.5. The van der Waals surface area contributed by atoms with E-state index in [4.69, 9.17) is 9.47 Å². The normalized spacial score (nSPS) is 12.2. The van der Waals surface area contributed by atoms with E-state index in [1.54, 1.807) is 0 Å². The number of carbonyl (C=O) groups excluding carboxylic acids is 2. The van der Waals surface area contributed by atoms with Crippen LogP contribution in [-0.4, -0.2) is 36.4 Å². The molecule has 0 aromatic rings. The fourth-order valence-electron chi connectivity index (χ4n) is 4.19. The topological polar surface area (TPSA) is 72.8 Å². The third kappa shape index (κ3) is 25.7. The van der Waals surface area contributed by atoms with E-state index in [9.17, 15) is 14.7 Å². The largest absolute Gasteiger partial charge is 0.462 e. The van der Waals surface area contributed by atoms with Crippen molar-refractivity contribution in [1.29, 1.82) is 0 Å². The first-order chi connectivity index (χ1) is 17.6. The summed E-state index contributed by atoms with van der Waals surface area (Å²) in [4.78, 5) is 23.9. The summed E-state index contributed by atoms with van der Waals surface area (Å²) in [6, 6.07) is 0. The molecule has 0 spiro atoms. The average molecular weight is 511 g/mol. The van der Waals surface area contributed by atoms with Gasteiger partial charge in [0.25, 0.3) is 0 Å². The van der Waals surface area contributed by atoms with Crippen molar-refractivity contribution in [3.8, 4) is 0 Å². The highest BCUT2D eigenvalue weighted by Crippen LogP contribution is 2.12. The van der Waals surface area contributed by atoms with Crippen molar-refractivity contribution in [2.45, 2.75) is 161 Å². The van der Waals surface area contributed by atoms with E-state index in [1.165, 1.54) is 89.9 Å². The number of aliphatic hydroxyl groups excluding tert-OH is 1. The SMILES string of the molecule is CCCCCC/C=C/CCCCCCCCCC(=O)OC[C@H](CO)OC(=O)CCCCCCCCC. The Balaban J connectivity index is 3.56. The van der Waals surface area contributed by atoms with Gasteiger partial charge in [0, 0.05) is 12.8 Å². The molecule has 0 bridgehead atoms. The van der Waals surface area contributed by atoms with E-state index in [0.717, 1.165) is 38.5 Å². The first-order valence-electron chi connectivity index (χ1n) is 15.2. The maximum absolute atomic E-state index is 12.0. The summed E-state index contributed by atoms with van der Waals surface area (Å²) in [7, 11) is 0. The maximum Gasteiger partial charge on any atom is 0.306 e. The van der Waals surface area contributed by atoms with Crippen LogP contribution in [0.1, 0.15) is 155 Å². The molecule has 0 saturated carbocycles. The smallest absolute Gasteiger partial charge is 0.306 e. The lowest BCUT2D eigenvalue weighted by molar-refractivity contribution is -0.161. The highest BCUT2D eigenvalue weighted by Gasteiger charge is 2.16. The lowest BCUT2D eigenvalue weighted by Crippen LogP contribution is -2.28. The Labute approximate surface area is 222 Å². The van der Waals surface area contributed by atoms with E-state index in [0.29, 0.717) is 12.8 Å². The van der Waals surface area contributed by atoms with Crippen LogP contribution in [-0.2, 0) is 19.1 Å². The summed E-state index contributed by atoms with van der Waals surface area (Å²) in [5, 5.41) is 9.42. The van der Waals surface area contributed by atoms with Gasteiger partial charge in [-0.1, -0.05) is 116 Å². The zero-order valence-electron chi connectivity index (χ0n) is 23.8. The Bertz CT molecular complexity index is 517. The van der Waals surface area contributed by atoms with Gasteiger partial charge in [0.1, 0.15) is 6.61 Å². The van der Waals surface area contributed by atoms with Crippen molar-refractivity contribution in [2.75, 3.05) is 13.2 Å². The van der Waals surface area contributed by atoms with Crippen LogP contribution in [0.4, 0.5) is 0 Å². The highest BCUT2D eigenvalue weighted by atomic mass is 16.6. The molecule has 0 aromatic carbocycles. The summed E-state index contributed by atoms with van der Waals surface area (Å²) in [5.74, 6) is -0.602. The molecule has 212 valence electrons. The number of aliphatic hydroxyl groups is 1. The van der Waals surface area contributed by atoms with Gasteiger partial charge in [0.2, 0.25) is 0 Å². The number of allylic oxidation sites excluding steroid dienone is 2. The van der Waals surface area contributed by atoms with Gasteiger partial charge in [-0.15, -0.1) is 0 Å². The van der Waals surface area contributed by atoms with E-state index in [2.05, 4.69) is 26.0 Å². The fourth-order valence-corrected chi connectivity index (χ4v) is 4.19. The zero-order valence-corrected chi connectivity index (χ0v) is 23.8. The van der Waals surface area contributed by atoms with Crippen LogP contribution in [0.2, 0.25) is 0 Å². The quantitative estimate of drug-likeness (QED) is 0.0680. The van der Waals surface area contributed by atoms with Crippen molar-refractivity contribution >= 4 is 11.9 Å². The second kappa shape index (κ2) is 28.2. The standard InChI is InChI=1S/C31H58O5/c1-3-5-7-9-11-12-13-14-15-16-17-18-20-21-23-25-30(33)35-28-29(27-32)36-31(34)26-24-22-19-10-8-6-4-2/h12-13,29,32H,3-11,14-28H2,1-2H3/b13-12+/t29-/m0/s1. The summed E-state index contributed by atoms with van der Waals surface area (Å²) >= 11 is 0. The number of unbranched alkanes of at least 4 members (excludes halogenated alkanes) is 17. The molecule has 1 atom stereocenters. The molecule has 1 N–H and O–H groups in total. The predicted octanol–water partition coefficient (Wildman–Crippen LogP) is 8.61. The lowest BCUT2D eigenvalue weighted by atomic mass is 10.1. The van der Waals surface area contributed by atoms with Gasteiger partial charge in [0.15, 0.2) is 6.10 Å². The monoisotopic (exact) mass is 510 g/mol. The van der Waals surface area contributed by atoms with Crippen LogP contribution in [0.15, 0.2) is 12.2 Å². The number of rotatable bonds is 27. The van der Waals surface area contributed by atoms with Crippen LogP contribution >= 0.6 is 0 Å². The lowest BCUT2D eigenvalue weighted by Gasteiger charge is -2.15. The molecule has 0 fully saturated rings. The molecule has 0 aliphatic rings. The molecule has 36 heavy (non-hydrogen) atoms. The van der Waals surface area contributed by atoms with E-state index >= 15 is 0 Å². The fraction of sp³-hybridized carbons (Fsp3) is 0.871. The molecule has 0 rings (SSSR count). The van der Waals surface area contributed by atoms with E-state index in [1.807, 2.05) is 0 Å². The molecule has 0 radical (unpaired) electrons. The first-order valence-corrected chi connectivity index (χ1v) is 15.2. The van der Waals surface area contributed by atoms with Crippen molar-refractivity contribution in [1.82, 2.24) is 0 Å². The minimum atomic E-state index is -0.762. The highest BCUT2D eigenvalue weighted by molar-refractivity contribution is 5.70. The van der Waals surface area contributed by atoms with Gasteiger partial charge < -0.3 is 14.6 Å². The van der Waals surface area contributed by atoms with Gasteiger partial charge in [-0.25, -0.2) is 0 Å². The van der Waals surface area contributed by atoms with Crippen molar-refractivity contribution < 1.29 is 24.2 Å². The van der Waals surface area contributed by atoms with Crippen LogP contribution in [0.3, 0.4) is 0 Å². The molecule has 0 unspecified atom stereocenters. The molecule has 0 saturated heterocycles. The van der Waals surface area contributed by atoms with Crippen molar-refractivity contribution in [3.63, 3.8) is 0 Å². The van der Waals surface area contributed by atoms with Crippen LogP contribution in [0, 0.1) is 0 Å². The molecule has 5 nitrogen and oxygen atoms in total. The maximum atomic E-state index is 12.0. The summed E-state index contributed by atoms with van der Waals surface area (Å²) < 4.78 is 10.5. The number of carbonyl (C=O) groups is 2. The van der Waals surface area contributed by atoms with Crippen molar-refractivity contribution in [2.24, 2.45) is 0 Å². The molecule has 0 amide bonds. The molecule has 0 heterocycles. The minimum Gasteiger partial charge on any atom is -0.462 e. The second-order valence-electron chi connectivity index (χ2n) is 10.2. The molecule has 0 aliphatic carbocycles. The number of ether oxygens (including phenoxy) is 2. The first kappa shape index (κ1) is 34.6. The summed E-state index contributed by atoms with van der Waals surface area (Å²) in [5.41, 5.74) is 0. The Kier molecular flexibility index (Phi) is 27.1. The summed E-state index contributed by atoms with van der Waals surface area (Å²) in [6.45, 7) is 4.06. The van der Waals surface area contributed by atoms with Gasteiger partial charge in [-0.05, 0) is 38.5 Å². The third-order valence-corrected chi connectivity index (χ3v) is 6.56. The Morgan fingerprint density at radius 1 is 0.611 bits per heavy atom. The van der Waals surface area contributed by atoms with E-state index < -0.39 is 6.10 Å². The number of hydrogen-bond acceptors (Lipinski definition) is 5. The average Bonchev–Trinajstić information content (AvgIpc) is 2.88. The van der Waals surface area contributed by atoms with Gasteiger partial charge in [0.05, 0.1) is 6.61 Å². The Morgan fingerprint density at radius 2 is 1.03 bits per heavy atom. The Morgan fingerprint density at radius 3 is 1.53 bits per heavy atom. The Hall–Kier alpha value is -1.36.